The molecule has 0 fully saturated rings. The molecule has 0 bridgehead atoms. The standard InChI is InChI=1S/C12H14N6O/c1-3-8-9(5-13)12(17-16-10(8)4-2)14-6-11-15-7-19-18-11/h7H,3-4,6H2,1-2H3,(H,14,17). The maximum atomic E-state index is 9.30. The van der Waals surface area contributed by atoms with Crippen LogP contribution in [0.5, 0.6) is 0 Å². The van der Waals surface area contributed by atoms with E-state index in [-0.39, 0.29) is 0 Å². The summed E-state index contributed by atoms with van der Waals surface area (Å²) < 4.78 is 4.64. The third-order valence-corrected chi connectivity index (χ3v) is 2.78. The van der Waals surface area contributed by atoms with E-state index in [0.717, 1.165) is 24.1 Å². The van der Waals surface area contributed by atoms with Crippen LogP contribution < -0.4 is 5.32 Å². The predicted octanol–water partition coefficient (Wildman–Crippen LogP) is 1.47. The second-order valence-electron chi connectivity index (χ2n) is 3.87. The molecule has 0 saturated heterocycles. The van der Waals surface area contributed by atoms with Crippen molar-refractivity contribution in [2.75, 3.05) is 5.32 Å². The Hall–Kier alpha value is -2.49. The van der Waals surface area contributed by atoms with Gasteiger partial charge in [-0.05, 0) is 18.4 Å². The van der Waals surface area contributed by atoms with Crippen LogP contribution >= 0.6 is 0 Å². The second-order valence-corrected chi connectivity index (χ2v) is 3.87. The van der Waals surface area contributed by atoms with Crippen LogP contribution in [0.3, 0.4) is 0 Å². The van der Waals surface area contributed by atoms with Gasteiger partial charge in [0.15, 0.2) is 11.6 Å². The highest BCUT2D eigenvalue weighted by molar-refractivity contribution is 5.56. The Morgan fingerprint density at radius 2 is 2.16 bits per heavy atom. The van der Waals surface area contributed by atoms with Crippen LogP contribution in [0.15, 0.2) is 10.9 Å². The molecule has 7 heteroatoms. The smallest absolute Gasteiger partial charge is 0.213 e. The number of hydrogen-bond donors (Lipinski definition) is 1. The van der Waals surface area contributed by atoms with E-state index >= 15 is 0 Å². The Morgan fingerprint density at radius 3 is 2.74 bits per heavy atom. The second kappa shape index (κ2) is 5.91. The largest absolute Gasteiger partial charge is 0.360 e. The third-order valence-electron chi connectivity index (χ3n) is 2.78. The molecular formula is C12H14N6O. The van der Waals surface area contributed by atoms with Crippen LogP contribution in [0, 0.1) is 11.3 Å². The van der Waals surface area contributed by atoms with Crippen molar-refractivity contribution in [2.45, 2.75) is 33.2 Å². The van der Waals surface area contributed by atoms with E-state index < -0.39 is 0 Å². The van der Waals surface area contributed by atoms with Gasteiger partial charge in [-0.1, -0.05) is 19.0 Å². The minimum Gasteiger partial charge on any atom is -0.360 e. The van der Waals surface area contributed by atoms with Gasteiger partial charge < -0.3 is 9.84 Å². The summed E-state index contributed by atoms with van der Waals surface area (Å²) in [5.74, 6) is 0.963. The van der Waals surface area contributed by atoms with Gasteiger partial charge in [0.25, 0.3) is 0 Å². The van der Waals surface area contributed by atoms with Gasteiger partial charge in [-0.25, -0.2) is 0 Å². The number of rotatable bonds is 5. The van der Waals surface area contributed by atoms with Gasteiger partial charge in [0, 0.05) is 0 Å². The van der Waals surface area contributed by atoms with Crippen LogP contribution in [-0.4, -0.2) is 20.3 Å². The maximum Gasteiger partial charge on any atom is 0.213 e. The highest BCUT2D eigenvalue weighted by atomic mass is 16.5. The SMILES string of the molecule is CCc1nnc(NCc2ncon2)c(C#N)c1CC. The summed E-state index contributed by atoms with van der Waals surface area (Å²) in [5, 5.41) is 24.2. The highest BCUT2D eigenvalue weighted by Crippen LogP contribution is 2.20. The van der Waals surface area contributed by atoms with E-state index in [0.29, 0.717) is 23.8 Å². The van der Waals surface area contributed by atoms with Gasteiger partial charge in [0.2, 0.25) is 6.39 Å². The average molecular weight is 258 g/mol. The molecular weight excluding hydrogens is 244 g/mol. The van der Waals surface area contributed by atoms with Crippen molar-refractivity contribution in [2.24, 2.45) is 0 Å². The normalized spacial score (nSPS) is 10.2. The molecule has 19 heavy (non-hydrogen) atoms. The Bertz CT molecular complexity index is 587. The van der Waals surface area contributed by atoms with Crippen molar-refractivity contribution in [3.63, 3.8) is 0 Å². The Labute approximate surface area is 110 Å². The maximum absolute atomic E-state index is 9.30. The first-order chi connectivity index (χ1) is 9.30. The van der Waals surface area contributed by atoms with Gasteiger partial charge in [0.05, 0.1) is 12.2 Å². The van der Waals surface area contributed by atoms with Crippen molar-refractivity contribution < 1.29 is 4.52 Å². The summed E-state index contributed by atoms with van der Waals surface area (Å²) >= 11 is 0. The molecule has 0 saturated carbocycles. The molecule has 1 N–H and O–H groups in total. The van der Waals surface area contributed by atoms with Crippen LogP contribution in [0.25, 0.3) is 0 Å². The molecule has 7 nitrogen and oxygen atoms in total. The first kappa shape index (κ1) is 13.0. The summed E-state index contributed by atoms with van der Waals surface area (Å²) in [7, 11) is 0. The van der Waals surface area contributed by atoms with Crippen LogP contribution in [0.4, 0.5) is 5.82 Å². The summed E-state index contributed by atoms with van der Waals surface area (Å²) in [6.45, 7) is 4.34. The number of hydrogen-bond acceptors (Lipinski definition) is 7. The van der Waals surface area contributed by atoms with Crippen LogP contribution in [0.1, 0.15) is 36.5 Å². The number of aryl methyl sites for hydroxylation is 1. The molecule has 0 aliphatic carbocycles. The zero-order valence-corrected chi connectivity index (χ0v) is 10.8. The van der Waals surface area contributed by atoms with E-state index in [1.807, 2.05) is 13.8 Å². The molecule has 0 amide bonds. The van der Waals surface area contributed by atoms with E-state index in [2.05, 4.69) is 36.2 Å². The molecule has 0 radical (unpaired) electrons. The van der Waals surface area contributed by atoms with E-state index in [1.54, 1.807) is 0 Å². The summed E-state index contributed by atoms with van der Waals surface area (Å²) in [5.41, 5.74) is 2.35. The van der Waals surface area contributed by atoms with Crippen molar-refractivity contribution in [1.29, 1.82) is 5.26 Å². The van der Waals surface area contributed by atoms with Gasteiger partial charge in [0.1, 0.15) is 11.6 Å². The van der Waals surface area contributed by atoms with Crippen molar-refractivity contribution >= 4 is 5.82 Å². The molecule has 0 aliphatic heterocycles. The monoisotopic (exact) mass is 258 g/mol. The molecule has 2 aromatic heterocycles. The van der Waals surface area contributed by atoms with Crippen molar-refractivity contribution in [1.82, 2.24) is 20.3 Å². The lowest BCUT2D eigenvalue weighted by Gasteiger charge is -2.10. The average Bonchev–Trinajstić information content (AvgIpc) is 2.96. The fraction of sp³-hybridized carbons (Fsp3) is 0.417. The predicted molar refractivity (Wildman–Crippen MR) is 67.1 cm³/mol. The fourth-order valence-electron chi connectivity index (χ4n) is 1.85. The lowest BCUT2D eigenvalue weighted by Crippen LogP contribution is -2.10. The zero-order valence-electron chi connectivity index (χ0n) is 10.8. The first-order valence-electron chi connectivity index (χ1n) is 6.07. The van der Waals surface area contributed by atoms with Crippen molar-refractivity contribution in [3.8, 4) is 6.07 Å². The molecule has 0 aliphatic rings. The molecule has 0 atom stereocenters. The zero-order chi connectivity index (χ0) is 13.7. The van der Waals surface area contributed by atoms with E-state index in [9.17, 15) is 5.26 Å². The van der Waals surface area contributed by atoms with Crippen molar-refractivity contribution in [3.05, 3.63) is 29.0 Å². The summed E-state index contributed by atoms with van der Waals surface area (Å²) in [6, 6.07) is 2.19. The van der Waals surface area contributed by atoms with E-state index in [4.69, 9.17) is 0 Å². The Morgan fingerprint density at radius 1 is 1.32 bits per heavy atom. The van der Waals surface area contributed by atoms with Crippen LogP contribution in [0.2, 0.25) is 0 Å². The molecule has 2 aromatic rings. The molecule has 2 heterocycles. The summed E-state index contributed by atoms with van der Waals surface area (Å²) in [4.78, 5) is 3.89. The quantitative estimate of drug-likeness (QED) is 0.866. The molecule has 0 unspecified atom stereocenters. The van der Waals surface area contributed by atoms with Gasteiger partial charge in [-0.2, -0.15) is 15.3 Å². The van der Waals surface area contributed by atoms with E-state index in [1.165, 1.54) is 6.39 Å². The first-order valence-corrected chi connectivity index (χ1v) is 6.07. The minimum absolute atomic E-state index is 0.342. The van der Waals surface area contributed by atoms with Gasteiger partial charge in [-0.15, -0.1) is 5.10 Å². The highest BCUT2D eigenvalue weighted by Gasteiger charge is 2.14. The van der Waals surface area contributed by atoms with Gasteiger partial charge >= 0.3 is 0 Å². The minimum atomic E-state index is 0.342. The summed E-state index contributed by atoms with van der Waals surface area (Å²) in [6.07, 6.45) is 2.76. The number of nitrogens with zero attached hydrogens (tertiary/aromatic N) is 5. The Balaban J connectivity index is 2.28. The number of aromatic nitrogens is 4. The number of nitrogens with one attached hydrogen (secondary N) is 1. The number of anilines is 1. The third kappa shape index (κ3) is 2.68. The topological polar surface area (TPSA) is 101 Å². The molecule has 2 rings (SSSR count). The van der Waals surface area contributed by atoms with Crippen LogP contribution in [-0.2, 0) is 19.4 Å². The molecule has 0 aromatic carbocycles. The number of nitriles is 1. The van der Waals surface area contributed by atoms with Gasteiger partial charge in [-0.3, -0.25) is 0 Å². The lowest BCUT2D eigenvalue weighted by molar-refractivity contribution is 0.411. The lowest BCUT2D eigenvalue weighted by atomic mass is 10.0. The fourth-order valence-corrected chi connectivity index (χ4v) is 1.85. The Kier molecular flexibility index (Phi) is 4.03. The molecule has 98 valence electrons. The molecule has 0 spiro atoms.